The molecule has 3 heteroatoms. The number of rotatable bonds is 8. The molecular formula is C54H40N2O. The van der Waals surface area contributed by atoms with Crippen LogP contribution in [0.25, 0.3) is 55.0 Å². The molecule has 57 heavy (non-hydrogen) atoms. The molecule has 0 atom stereocenters. The first-order valence-electron chi connectivity index (χ1n) is 19.5. The second-order valence-electron chi connectivity index (χ2n) is 14.8. The van der Waals surface area contributed by atoms with Crippen molar-refractivity contribution in [3.8, 4) is 22.3 Å². The Morgan fingerprint density at radius 2 is 0.789 bits per heavy atom. The van der Waals surface area contributed by atoms with Gasteiger partial charge in [-0.05, 0) is 102 Å². The van der Waals surface area contributed by atoms with Gasteiger partial charge < -0.3 is 14.2 Å². The third kappa shape index (κ3) is 6.39. The van der Waals surface area contributed by atoms with Crippen molar-refractivity contribution in [2.45, 2.75) is 13.8 Å². The molecule has 0 aliphatic carbocycles. The predicted octanol–water partition coefficient (Wildman–Crippen LogP) is 15.6. The highest BCUT2D eigenvalue weighted by Crippen LogP contribution is 2.46. The number of aryl methyl sites for hydroxylation is 2. The summed E-state index contributed by atoms with van der Waals surface area (Å²) in [4.78, 5) is 4.69. The second-order valence-corrected chi connectivity index (χ2v) is 14.8. The van der Waals surface area contributed by atoms with Gasteiger partial charge in [0.05, 0.1) is 5.69 Å². The van der Waals surface area contributed by atoms with Crippen LogP contribution in [0.4, 0.5) is 34.1 Å². The van der Waals surface area contributed by atoms with E-state index in [1.165, 1.54) is 33.4 Å². The second kappa shape index (κ2) is 14.4. The third-order valence-corrected chi connectivity index (χ3v) is 10.9. The SMILES string of the molecule is Cc1ccc(N(c2cccc(-c3ccccc3)c2)c2ccc3c(c2)oc2cc(N(c4ccc(C)cc4)c4cccc(-c5ccccc5)c4)c4ccccc4c23)cc1. The topological polar surface area (TPSA) is 19.6 Å². The molecule has 0 unspecified atom stereocenters. The number of benzene rings is 9. The monoisotopic (exact) mass is 732 g/mol. The molecule has 10 aromatic rings. The molecule has 10 rings (SSSR count). The van der Waals surface area contributed by atoms with Crippen molar-refractivity contribution >= 4 is 66.8 Å². The lowest BCUT2D eigenvalue weighted by molar-refractivity contribution is 0.669. The lowest BCUT2D eigenvalue weighted by Gasteiger charge is -2.27. The Bertz CT molecular complexity index is 3020. The first kappa shape index (κ1) is 34.2. The fourth-order valence-corrected chi connectivity index (χ4v) is 8.11. The standard InChI is InChI=1S/C54H40N2O/c1-37-23-27-43(28-24-37)55(45-19-11-17-41(33-45)39-13-5-3-6-14-39)47-31-32-50-52(35-47)57-53-36-51(48-21-9-10-22-49(48)54(50)53)56(44-29-25-38(2)26-30-44)46-20-12-18-42(34-46)40-15-7-4-8-16-40/h3-36H,1-2H3. The van der Waals surface area contributed by atoms with Crippen molar-refractivity contribution in [2.24, 2.45) is 0 Å². The van der Waals surface area contributed by atoms with Gasteiger partial charge in [-0.2, -0.15) is 0 Å². The molecular weight excluding hydrogens is 693 g/mol. The summed E-state index contributed by atoms with van der Waals surface area (Å²) in [5.41, 5.74) is 15.2. The van der Waals surface area contributed by atoms with Gasteiger partial charge in [-0.25, -0.2) is 0 Å². The van der Waals surface area contributed by atoms with E-state index in [-0.39, 0.29) is 0 Å². The zero-order valence-electron chi connectivity index (χ0n) is 31.9. The fourth-order valence-electron chi connectivity index (χ4n) is 8.11. The van der Waals surface area contributed by atoms with E-state index in [0.717, 1.165) is 66.8 Å². The van der Waals surface area contributed by atoms with Crippen molar-refractivity contribution in [3.05, 3.63) is 217 Å². The van der Waals surface area contributed by atoms with Crippen LogP contribution in [-0.2, 0) is 0 Å². The molecule has 1 aromatic heterocycles. The minimum absolute atomic E-state index is 0.842. The van der Waals surface area contributed by atoms with Gasteiger partial charge in [-0.3, -0.25) is 0 Å². The van der Waals surface area contributed by atoms with Gasteiger partial charge in [0, 0.05) is 56.7 Å². The first-order valence-corrected chi connectivity index (χ1v) is 19.5. The Morgan fingerprint density at radius 3 is 1.39 bits per heavy atom. The molecule has 1 heterocycles. The highest BCUT2D eigenvalue weighted by molar-refractivity contribution is 6.22. The van der Waals surface area contributed by atoms with Crippen LogP contribution in [0, 0.1) is 13.8 Å². The molecule has 0 amide bonds. The van der Waals surface area contributed by atoms with Crippen molar-refractivity contribution in [1.82, 2.24) is 0 Å². The van der Waals surface area contributed by atoms with Crippen LogP contribution in [0.15, 0.2) is 211 Å². The van der Waals surface area contributed by atoms with E-state index in [9.17, 15) is 0 Å². The zero-order valence-corrected chi connectivity index (χ0v) is 31.9. The summed E-state index contributed by atoms with van der Waals surface area (Å²) in [5, 5.41) is 4.51. The first-order chi connectivity index (χ1) is 28.1. The minimum Gasteiger partial charge on any atom is -0.456 e. The van der Waals surface area contributed by atoms with Gasteiger partial charge in [0.2, 0.25) is 0 Å². The maximum atomic E-state index is 6.96. The Hall–Kier alpha value is -7.36. The lowest BCUT2D eigenvalue weighted by Crippen LogP contribution is -2.10. The largest absolute Gasteiger partial charge is 0.456 e. The van der Waals surface area contributed by atoms with E-state index < -0.39 is 0 Å². The number of hydrogen-bond acceptors (Lipinski definition) is 3. The Balaban J connectivity index is 1.16. The Kier molecular flexibility index (Phi) is 8.61. The number of furan rings is 1. The van der Waals surface area contributed by atoms with Crippen LogP contribution in [0.3, 0.4) is 0 Å². The van der Waals surface area contributed by atoms with E-state index in [4.69, 9.17) is 4.42 Å². The van der Waals surface area contributed by atoms with Gasteiger partial charge in [0.25, 0.3) is 0 Å². The Labute approximate surface area is 333 Å². The van der Waals surface area contributed by atoms with E-state index in [1.54, 1.807) is 0 Å². The van der Waals surface area contributed by atoms with Crippen molar-refractivity contribution < 1.29 is 4.42 Å². The molecule has 0 saturated heterocycles. The van der Waals surface area contributed by atoms with Crippen LogP contribution < -0.4 is 9.80 Å². The van der Waals surface area contributed by atoms with Crippen molar-refractivity contribution in [3.63, 3.8) is 0 Å². The molecule has 9 aromatic carbocycles. The maximum absolute atomic E-state index is 6.96. The summed E-state index contributed by atoms with van der Waals surface area (Å²) < 4.78 is 6.96. The summed E-state index contributed by atoms with van der Waals surface area (Å²) in [7, 11) is 0. The van der Waals surface area contributed by atoms with E-state index in [0.29, 0.717) is 0 Å². The lowest BCUT2D eigenvalue weighted by atomic mass is 9.99. The fraction of sp³-hybridized carbons (Fsp3) is 0.0370. The molecule has 272 valence electrons. The molecule has 0 saturated carbocycles. The molecule has 0 fully saturated rings. The molecule has 0 spiro atoms. The average Bonchev–Trinajstić information content (AvgIpc) is 3.64. The molecule has 0 aliphatic heterocycles. The molecule has 3 nitrogen and oxygen atoms in total. The third-order valence-electron chi connectivity index (χ3n) is 10.9. The van der Waals surface area contributed by atoms with Gasteiger partial charge in [0.15, 0.2) is 0 Å². The van der Waals surface area contributed by atoms with Gasteiger partial charge >= 0.3 is 0 Å². The normalized spacial score (nSPS) is 11.3. The Morgan fingerprint density at radius 1 is 0.316 bits per heavy atom. The average molecular weight is 733 g/mol. The summed E-state index contributed by atoms with van der Waals surface area (Å²) in [5.74, 6) is 0. The maximum Gasteiger partial charge on any atom is 0.138 e. The smallest absolute Gasteiger partial charge is 0.138 e. The minimum atomic E-state index is 0.842. The van der Waals surface area contributed by atoms with Gasteiger partial charge in [-0.1, -0.05) is 145 Å². The molecule has 0 aliphatic rings. The summed E-state index contributed by atoms with van der Waals surface area (Å²) in [6, 6.07) is 73.8. The molecule has 0 N–H and O–H groups in total. The van der Waals surface area contributed by atoms with E-state index >= 15 is 0 Å². The van der Waals surface area contributed by atoms with E-state index in [2.05, 4.69) is 230 Å². The number of fused-ring (bicyclic) bond motifs is 5. The van der Waals surface area contributed by atoms with Crippen molar-refractivity contribution in [2.75, 3.05) is 9.80 Å². The highest BCUT2D eigenvalue weighted by atomic mass is 16.3. The van der Waals surface area contributed by atoms with Crippen LogP contribution in [0.5, 0.6) is 0 Å². The zero-order chi connectivity index (χ0) is 38.3. The van der Waals surface area contributed by atoms with E-state index in [1.807, 2.05) is 0 Å². The van der Waals surface area contributed by atoms with Crippen LogP contribution >= 0.6 is 0 Å². The molecule has 0 radical (unpaired) electrons. The summed E-state index contributed by atoms with van der Waals surface area (Å²) in [6.45, 7) is 4.26. The summed E-state index contributed by atoms with van der Waals surface area (Å²) in [6.07, 6.45) is 0. The van der Waals surface area contributed by atoms with Gasteiger partial charge in [0.1, 0.15) is 11.2 Å². The summed E-state index contributed by atoms with van der Waals surface area (Å²) >= 11 is 0. The number of anilines is 6. The highest BCUT2D eigenvalue weighted by Gasteiger charge is 2.22. The van der Waals surface area contributed by atoms with Crippen LogP contribution in [-0.4, -0.2) is 0 Å². The molecule has 0 bridgehead atoms. The number of hydrogen-bond donors (Lipinski definition) is 0. The van der Waals surface area contributed by atoms with Crippen molar-refractivity contribution in [1.29, 1.82) is 0 Å². The quantitative estimate of drug-likeness (QED) is 0.155. The van der Waals surface area contributed by atoms with Crippen LogP contribution in [0.2, 0.25) is 0 Å². The predicted molar refractivity (Wildman–Crippen MR) is 241 cm³/mol. The number of nitrogens with zero attached hydrogens (tertiary/aromatic N) is 2. The van der Waals surface area contributed by atoms with Gasteiger partial charge in [-0.15, -0.1) is 0 Å². The van der Waals surface area contributed by atoms with Crippen LogP contribution in [0.1, 0.15) is 11.1 Å².